The van der Waals surface area contributed by atoms with E-state index in [-0.39, 0.29) is 16.9 Å². The minimum atomic E-state index is -0.181. The van der Waals surface area contributed by atoms with Crippen LogP contribution in [0.1, 0.15) is 69.6 Å². The monoisotopic (exact) mass is 296 g/mol. The maximum atomic E-state index is 9.85. The molecule has 0 radical (unpaired) electrons. The van der Waals surface area contributed by atoms with Gasteiger partial charge in [0.05, 0.1) is 16.8 Å². The summed E-state index contributed by atoms with van der Waals surface area (Å²) in [6.45, 7) is 15.2. The molecule has 1 aromatic heterocycles. The minimum Gasteiger partial charge on any atom is -0.392 e. The van der Waals surface area contributed by atoms with Gasteiger partial charge >= 0.3 is 0 Å². The van der Waals surface area contributed by atoms with Crippen LogP contribution in [0.3, 0.4) is 0 Å². The van der Waals surface area contributed by atoms with Crippen LogP contribution < -0.4 is 5.32 Å². The smallest absolute Gasteiger partial charge is 0.0985 e. The molecule has 114 valence electrons. The van der Waals surface area contributed by atoms with E-state index in [1.54, 1.807) is 0 Å². The van der Waals surface area contributed by atoms with E-state index in [1.165, 1.54) is 9.88 Å². The molecule has 4 heteroatoms. The molecule has 3 unspecified atom stereocenters. The molecule has 0 bridgehead atoms. The summed E-state index contributed by atoms with van der Waals surface area (Å²) >= 11 is 1.82. The number of aryl methyl sites for hydroxylation is 1. The minimum absolute atomic E-state index is 0.0281. The summed E-state index contributed by atoms with van der Waals surface area (Å²) in [5, 5.41) is 14.7. The van der Waals surface area contributed by atoms with Gasteiger partial charge in [0.2, 0.25) is 0 Å². The Morgan fingerprint density at radius 2 is 2.00 bits per heavy atom. The van der Waals surface area contributed by atoms with Gasteiger partial charge in [-0.25, -0.2) is 4.98 Å². The van der Waals surface area contributed by atoms with Gasteiger partial charge < -0.3 is 10.4 Å². The molecular formula is C16H28N2OS. The number of nitrogens with one attached hydrogen (secondary N) is 1. The first-order chi connectivity index (χ1) is 9.03. The first kappa shape index (κ1) is 15.9. The van der Waals surface area contributed by atoms with E-state index in [0.717, 1.165) is 12.1 Å². The summed E-state index contributed by atoms with van der Waals surface area (Å²) in [5.74, 6) is 0. The highest BCUT2D eigenvalue weighted by Gasteiger charge is 2.47. The van der Waals surface area contributed by atoms with Crippen molar-refractivity contribution in [3.05, 3.63) is 15.6 Å². The summed E-state index contributed by atoms with van der Waals surface area (Å²) in [4.78, 5) is 6.06. The van der Waals surface area contributed by atoms with Crippen LogP contribution in [0.15, 0.2) is 0 Å². The van der Waals surface area contributed by atoms with Gasteiger partial charge in [0.15, 0.2) is 0 Å². The van der Waals surface area contributed by atoms with E-state index < -0.39 is 0 Å². The summed E-state index contributed by atoms with van der Waals surface area (Å²) in [7, 11) is 0. The molecule has 3 atom stereocenters. The van der Waals surface area contributed by atoms with Crippen molar-refractivity contribution in [2.24, 2.45) is 5.41 Å². The van der Waals surface area contributed by atoms with Crippen molar-refractivity contribution in [1.82, 2.24) is 10.3 Å². The van der Waals surface area contributed by atoms with Crippen molar-refractivity contribution in [2.45, 2.75) is 78.5 Å². The quantitative estimate of drug-likeness (QED) is 0.896. The van der Waals surface area contributed by atoms with E-state index in [2.05, 4.69) is 53.8 Å². The third-order valence-corrected chi connectivity index (χ3v) is 6.30. The number of hydrogen-bond donors (Lipinski definition) is 2. The lowest BCUT2D eigenvalue weighted by molar-refractivity contribution is -0.0753. The second kappa shape index (κ2) is 5.08. The Kier molecular flexibility index (Phi) is 4.04. The van der Waals surface area contributed by atoms with Gasteiger partial charge in [0.1, 0.15) is 0 Å². The number of aliphatic hydroxyl groups excluding tert-OH is 1. The molecule has 1 aromatic rings. The number of thiazole rings is 1. The number of rotatable bonds is 3. The Morgan fingerprint density at radius 3 is 2.40 bits per heavy atom. The van der Waals surface area contributed by atoms with Crippen LogP contribution in [0.5, 0.6) is 0 Å². The molecule has 0 spiro atoms. The summed E-state index contributed by atoms with van der Waals surface area (Å²) in [6.07, 6.45) is 0.668. The van der Waals surface area contributed by atoms with Crippen LogP contribution in [0, 0.1) is 12.3 Å². The van der Waals surface area contributed by atoms with Crippen LogP contribution in [0.25, 0.3) is 0 Å². The van der Waals surface area contributed by atoms with Crippen molar-refractivity contribution in [2.75, 3.05) is 0 Å². The van der Waals surface area contributed by atoms with Gasteiger partial charge in [-0.3, -0.25) is 0 Å². The molecule has 1 aliphatic carbocycles. The predicted octanol–water partition coefficient (Wildman–Crippen LogP) is 3.56. The van der Waals surface area contributed by atoms with Crippen molar-refractivity contribution in [3.8, 4) is 0 Å². The number of hydrogen-bond acceptors (Lipinski definition) is 4. The maximum absolute atomic E-state index is 9.85. The van der Waals surface area contributed by atoms with Gasteiger partial charge in [0, 0.05) is 27.8 Å². The molecule has 3 nitrogen and oxygen atoms in total. The third-order valence-electron chi connectivity index (χ3n) is 4.53. The van der Waals surface area contributed by atoms with Gasteiger partial charge in [-0.15, -0.1) is 11.3 Å². The fraction of sp³-hybridized carbons (Fsp3) is 0.812. The zero-order valence-electron chi connectivity index (χ0n) is 13.7. The summed E-state index contributed by atoms with van der Waals surface area (Å²) < 4.78 is 0. The normalized spacial score (nSPS) is 27.2. The molecule has 0 saturated heterocycles. The van der Waals surface area contributed by atoms with Crippen molar-refractivity contribution < 1.29 is 5.11 Å². The average molecular weight is 296 g/mol. The Morgan fingerprint density at radius 1 is 1.40 bits per heavy atom. The van der Waals surface area contributed by atoms with Crippen molar-refractivity contribution >= 4 is 11.3 Å². The van der Waals surface area contributed by atoms with E-state index in [9.17, 15) is 5.11 Å². The topological polar surface area (TPSA) is 45.2 Å². The lowest BCUT2D eigenvalue weighted by Crippen LogP contribution is -2.60. The number of nitrogens with zero attached hydrogens (tertiary/aromatic N) is 1. The second-order valence-corrected chi connectivity index (χ2v) is 8.76. The molecule has 2 rings (SSSR count). The number of aromatic nitrogens is 1. The second-order valence-electron chi connectivity index (χ2n) is 7.73. The molecule has 20 heavy (non-hydrogen) atoms. The molecule has 1 aliphatic rings. The Labute approximate surface area is 126 Å². The Bertz CT molecular complexity index is 487. The van der Waals surface area contributed by atoms with Crippen LogP contribution in [0.2, 0.25) is 0 Å². The molecular weight excluding hydrogens is 268 g/mol. The van der Waals surface area contributed by atoms with Crippen LogP contribution >= 0.6 is 11.3 Å². The van der Waals surface area contributed by atoms with Gasteiger partial charge in [-0.1, -0.05) is 34.6 Å². The first-order valence-corrected chi connectivity index (χ1v) is 8.27. The van der Waals surface area contributed by atoms with Crippen molar-refractivity contribution in [1.29, 1.82) is 0 Å². The van der Waals surface area contributed by atoms with Crippen molar-refractivity contribution in [3.63, 3.8) is 0 Å². The number of aliphatic hydroxyl groups is 1. The highest BCUT2D eigenvalue weighted by Crippen LogP contribution is 2.42. The first-order valence-electron chi connectivity index (χ1n) is 7.45. The molecule has 1 heterocycles. The zero-order chi connectivity index (χ0) is 15.3. The van der Waals surface area contributed by atoms with Gasteiger partial charge in [0.25, 0.3) is 0 Å². The SMILES string of the molecule is Cc1nc(C(C)(C)C)sc1C(C)NC1CC(O)C1(C)C. The largest absolute Gasteiger partial charge is 0.392 e. The van der Waals surface area contributed by atoms with Gasteiger partial charge in [-0.05, 0) is 20.3 Å². The van der Waals surface area contributed by atoms with Crippen LogP contribution in [-0.4, -0.2) is 22.2 Å². The molecule has 0 aromatic carbocycles. The summed E-state index contributed by atoms with van der Waals surface area (Å²) in [6, 6.07) is 0.674. The maximum Gasteiger partial charge on any atom is 0.0985 e. The molecule has 0 amide bonds. The lowest BCUT2D eigenvalue weighted by Gasteiger charge is -2.50. The Hall–Kier alpha value is -0.450. The standard InChI is InChI=1S/C16H28N2OS/c1-9(17-11-8-12(19)16(11,6)7)13-10(2)18-14(20-13)15(3,4)5/h9,11-12,17,19H,8H2,1-7H3. The van der Waals surface area contributed by atoms with E-state index in [4.69, 9.17) is 4.98 Å². The van der Waals surface area contributed by atoms with E-state index >= 15 is 0 Å². The fourth-order valence-corrected chi connectivity index (χ4v) is 3.83. The third kappa shape index (κ3) is 2.78. The fourth-order valence-electron chi connectivity index (χ4n) is 2.69. The molecule has 0 aliphatic heterocycles. The van der Waals surface area contributed by atoms with E-state index in [1.807, 2.05) is 11.3 Å². The zero-order valence-corrected chi connectivity index (χ0v) is 14.6. The highest BCUT2D eigenvalue weighted by molar-refractivity contribution is 7.12. The summed E-state index contributed by atoms with van der Waals surface area (Å²) in [5.41, 5.74) is 1.22. The highest BCUT2D eigenvalue weighted by atomic mass is 32.1. The lowest BCUT2D eigenvalue weighted by atomic mass is 9.64. The molecule has 2 N–H and O–H groups in total. The van der Waals surface area contributed by atoms with E-state index in [0.29, 0.717) is 12.1 Å². The Balaban J connectivity index is 2.11. The average Bonchev–Trinajstić information content (AvgIpc) is 2.70. The van der Waals surface area contributed by atoms with Gasteiger partial charge in [-0.2, -0.15) is 0 Å². The molecule has 1 fully saturated rings. The van der Waals surface area contributed by atoms with Crippen LogP contribution in [-0.2, 0) is 5.41 Å². The van der Waals surface area contributed by atoms with Crippen LogP contribution in [0.4, 0.5) is 0 Å². The predicted molar refractivity (Wildman–Crippen MR) is 85.3 cm³/mol. The molecule has 1 saturated carbocycles.